The molecule has 1 N–H and O–H groups in total. The maximum Gasteiger partial charge on any atom is 0.409 e. The molecule has 1 aliphatic heterocycles. The average Bonchev–Trinajstić information content (AvgIpc) is 2.74. The lowest BCUT2D eigenvalue weighted by Gasteiger charge is -2.35. The standard InChI is InChI=1S/C21H26N4O3/c1-3-16-5-7-17(8-6-16)23-20(26)19-10-9-18(15-22-19)24-11-13-25(14-12-24)21(27)28-4-2/h5-10,15H,3-4,11-14H2,1-2H3,(H,23,26). The zero-order valence-corrected chi connectivity index (χ0v) is 16.4. The van der Waals surface area contributed by atoms with Gasteiger partial charge in [-0.3, -0.25) is 4.79 Å². The molecule has 0 aliphatic carbocycles. The van der Waals surface area contributed by atoms with Gasteiger partial charge in [0.1, 0.15) is 5.69 Å². The predicted octanol–water partition coefficient (Wildman–Crippen LogP) is 3.17. The van der Waals surface area contributed by atoms with Crippen LogP contribution in [-0.2, 0) is 11.2 Å². The first kappa shape index (κ1) is 19.7. The fraction of sp³-hybridized carbons (Fsp3) is 0.381. The summed E-state index contributed by atoms with van der Waals surface area (Å²) in [5, 5.41) is 2.87. The minimum absolute atomic E-state index is 0.233. The zero-order chi connectivity index (χ0) is 19.9. The predicted molar refractivity (Wildman–Crippen MR) is 109 cm³/mol. The second-order valence-corrected chi connectivity index (χ2v) is 6.58. The van der Waals surface area contributed by atoms with Crippen LogP contribution in [0.4, 0.5) is 16.2 Å². The van der Waals surface area contributed by atoms with Gasteiger partial charge < -0.3 is 19.9 Å². The van der Waals surface area contributed by atoms with Gasteiger partial charge in [0.15, 0.2) is 0 Å². The third kappa shape index (κ3) is 4.79. The molecular formula is C21H26N4O3. The van der Waals surface area contributed by atoms with E-state index in [0.29, 0.717) is 38.5 Å². The number of pyridine rings is 1. The number of amides is 2. The number of benzene rings is 1. The molecule has 28 heavy (non-hydrogen) atoms. The monoisotopic (exact) mass is 382 g/mol. The largest absolute Gasteiger partial charge is 0.450 e. The molecule has 1 fully saturated rings. The molecule has 2 amide bonds. The number of aryl methyl sites for hydroxylation is 1. The van der Waals surface area contributed by atoms with E-state index in [1.54, 1.807) is 24.1 Å². The summed E-state index contributed by atoms with van der Waals surface area (Å²) in [5.41, 5.74) is 3.28. The van der Waals surface area contributed by atoms with Crippen LogP contribution in [-0.4, -0.2) is 54.7 Å². The molecule has 7 heteroatoms. The quantitative estimate of drug-likeness (QED) is 0.860. The van der Waals surface area contributed by atoms with E-state index >= 15 is 0 Å². The topological polar surface area (TPSA) is 74.8 Å². The zero-order valence-electron chi connectivity index (χ0n) is 16.4. The lowest BCUT2D eigenvalue weighted by atomic mass is 10.1. The summed E-state index contributed by atoms with van der Waals surface area (Å²) in [4.78, 5) is 32.3. The van der Waals surface area contributed by atoms with Gasteiger partial charge in [-0.1, -0.05) is 19.1 Å². The van der Waals surface area contributed by atoms with Gasteiger partial charge >= 0.3 is 6.09 Å². The number of carbonyl (C=O) groups excluding carboxylic acids is 2. The van der Waals surface area contributed by atoms with Gasteiger partial charge in [0.2, 0.25) is 0 Å². The minimum Gasteiger partial charge on any atom is -0.450 e. The molecule has 0 unspecified atom stereocenters. The van der Waals surface area contributed by atoms with Gasteiger partial charge in [0.05, 0.1) is 18.5 Å². The van der Waals surface area contributed by atoms with E-state index in [-0.39, 0.29) is 12.0 Å². The van der Waals surface area contributed by atoms with Gasteiger partial charge in [-0.2, -0.15) is 0 Å². The van der Waals surface area contributed by atoms with Gasteiger partial charge in [0.25, 0.3) is 5.91 Å². The molecule has 1 saturated heterocycles. The first-order valence-corrected chi connectivity index (χ1v) is 9.63. The molecule has 3 rings (SSSR count). The smallest absolute Gasteiger partial charge is 0.409 e. The molecule has 0 atom stereocenters. The summed E-state index contributed by atoms with van der Waals surface area (Å²) >= 11 is 0. The second kappa shape index (κ2) is 9.21. The average molecular weight is 382 g/mol. The Hall–Kier alpha value is -3.09. The summed E-state index contributed by atoms with van der Waals surface area (Å²) in [7, 11) is 0. The Bertz CT molecular complexity index is 797. The molecule has 0 saturated carbocycles. The Morgan fingerprint density at radius 2 is 1.75 bits per heavy atom. The van der Waals surface area contributed by atoms with E-state index in [4.69, 9.17) is 4.74 Å². The first-order chi connectivity index (χ1) is 13.6. The fourth-order valence-electron chi connectivity index (χ4n) is 3.09. The van der Waals surface area contributed by atoms with Crippen molar-refractivity contribution in [2.45, 2.75) is 20.3 Å². The first-order valence-electron chi connectivity index (χ1n) is 9.63. The van der Waals surface area contributed by atoms with Crippen LogP contribution in [0, 0.1) is 0 Å². The van der Waals surface area contributed by atoms with Crippen LogP contribution >= 0.6 is 0 Å². The van der Waals surface area contributed by atoms with E-state index < -0.39 is 0 Å². The normalized spacial score (nSPS) is 13.9. The number of nitrogens with zero attached hydrogens (tertiary/aromatic N) is 3. The number of piperazine rings is 1. The molecule has 1 aliphatic rings. The van der Waals surface area contributed by atoms with Crippen molar-refractivity contribution in [3.05, 3.63) is 53.9 Å². The van der Waals surface area contributed by atoms with Crippen LogP contribution < -0.4 is 10.2 Å². The van der Waals surface area contributed by atoms with E-state index in [1.807, 2.05) is 30.3 Å². The van der Waals surface area contributed by atoms with Crippen molar-refractivity contribution < 1.29 is 14.3 Å². The Morgan fingerprint density at radius 3 is 2.32 bits per heavy atom. The number of anilines is 2. The Kier molecular flexibility index (Phi) is 6.47. The van der Waals surface area contributed by atoms with E-state index in [0.717, 1.165) is 17.8 Å². The highest BCUT2D eigenvalue weighted by molar-refractivity contribution is 6.02. The molecule has 2 aromatic rings. The van der Waals surface area contributed by atoms with Crippen LogP contribution in [0.1, 0.15) is 29.9 Å². The minimum atomic E-state index is -0.265. The van der Waals surface area contributed by atoms with Crippen LogP contribution in [0.5, 0.6) is 0 Å². The van der Waals surface area contributed by atoms with E-state index in [1.165, 1.54) is 5.56 Å². The van der Waals surface area contributed by atoms with Crippen molar-refractivity contribution in [2.75, 3.05) is 43.0 Å². The van der Waals surface area contributed by atoms with Crippen LogP contribution in [0.25, 0.3) is 0 Å². The molecule has 7 nitrogen and oxygen atoms in total. The van der Waals surface area contributed by atoms with E-state index in [9.17, 15) is 9.59 Å². The Labute approximate surface area is 165 Å². The Morgan fingerprint density at radius 1 is 1.04 bits per heavy atom. The number of nitrogens with one attached hydrogen (secondary N) is 1. The van der Waals surface area contributed by atoms with Crippen molar-refractivity contribution in [1.82, 2.24) is 9.88 Å². The van der Waals surface area contributed by atoms with E-state index in [2.05, 4.69) is 22.1 Å². The molecule has 0 bridgehead atoms. The lowest BCUT2D eigenvalue weighted by molar-refractivity contribution is 0.101. The molecule has 1 aromatic carbocycles. The molecule has 148 valence electrons. The van der Waals surface area contributed by atoms with Crippen molar-refractivity contribution in [1.29, 1.82) is 0 Å². The van der Waals surface area contributed by atoms with Gasteiger partial charge in [-0.25, -0.2) is 9.78 Å². The SMILES string of the molecule is CCOC(=O)N1CCN(c2ccc(C(=O)Nc3ccc(CC)cc3)nc2)CC1. The highest BCUT2D eigenvalue weighted by Gasteiger charge is 2.22. The summed E-state index contributed by atoms with van der Waals surface area (Å²) in [6.07, 6.45) is 2.40. The fourth-order valence-corrected chi connectivity index (χ4v) is 3.09. The maximum atomic E-state index is 12.4. The third-order valence-electron chi connectivity index (χ3n) is 4.77. The highest BCUT2D eigenvalue weighted by Crippen LogP contribution is 2.17. The molecule has 2 heterocycles. The summed E-state index contributed by atoms with van der Waals surface area (Å²) < 4.78 is 5.04. The summed E-state index contributed by atoms with van der Waals surface area (Å²) in [6, 6.07) is 11.4. The van der Waals surface area contributed by atoms with Crippen molar-refractivity contribution in [3.8, 4) is 0 Å². The number of hydrogen-bond acceptors (Lipinski definition) is 5. The van der Waals surface area contributed by atoms with Crippen LogP contribution in [0.2, 0.25) is 0 Å². The molecular weight excluding hydrogens is 356 g/mol. The number of aromatic nitrogens is 1. The van der Waals surface area contributed by atoms with Crippen LogP contribution in [0.15, 0.2) is 42.6 Å². The van der Waals surface area contributed by atoms with Gasteiger partial charge in [-0.15, -0.1) is 0 Å². The maximum absolute atomic E-state index is 12.4. The number of carbonyl (C=O) groups is 2. The number of hydrogen-bond donors (Lipinski definition) is 1. The summed E-state index contributed by atoms with van der Waals surface area (Å²) in [5.74, 6) is -0.233. The van der Waals surface area contributed by atoms with Gasteiger partial charge in [-0.05, 0) is 43.2 Å². The van der Waals surface area contributed by atoms with Crippen molar-refractivity contribution >= 4 is 23.4 Å². The highest BCUT2D eigenvalue weighted by atomic mass is 16.6. The third-order valence-corrected chi connectivity index (χ3v) is 4.77. The molecule has 0 spiro atoms. The number of rotatable bonds is 5. The second-order valence-electron chi connectivity index (χ2n) is 6.58. The lowest BCUT2D eigenvalue weighted by Crippen LogP contribution is -2.49. The number of ether oxygens (including phenoxy) is 1. The summed E-state index contributed by atoms with van der Waals surface area (Å²) in [6.45, 7) is 6.90. The molecule has 0 radical (unpaired) electrons. The van der Waals surface area contributed by atoms with Gasteiger partial charge in [0, 0.05) is 31.9 Å². The van der Waals surface area contributed by atoms with Crippen LogP contribution in [0.3, 0.4) is 0 Å². The Balaban J connectivity index is 1.56. The van der Waals surface area contributed by atoms with Crippen molar-refractivity contribution in [3.63, 3.8) is 0 Å². The van der Waals surface area contributed by atoms with Crippen molar-refractivity contribution in [2.24, 2.45) is 0 Å². The molecule has 1 aromatic heterocycles.